The first kappa shape index (κ1) is 13.1. The van der Waals surface area contributed by atoms with E-state index in [0.717, 1.165) is 5.69 Å². The van der Waals surface area contributed by atoms with Crippen molar-refractivity contribution in [1.82, 2.24) is 4.57 Å². The van der Waals surface area contributed by atoms with Gasteiger partial charge in [-0.3, -0.25) is 0 Å². The first-order chi connectivity index (χ1) is 5.68. The van der Waals surface area contributed by atoms with E-state index in [2.05, 4.69) is 30.7 Å². The number of nitrogens with zero attached hydrogens (tertiary/aromatic N) is 1. The van der Waals surface area contributed by atoms with Gasteiger partial charge >= 0.3 is 0 Å². The molecule has 0 saturated heterocycles. The molecule has 2 nitrogen and oxygen atoms in total. The standard InChI is InChI=1S/C10H12N2.2ClH/c1-7-5-8-6-9(11)3-4-10(8)12(7)2;;/h3-6H,11H2,1-2H3;2*1H. The molecule has 0 aliphatic carbocycles. The van der Waals surface area contributed by atoms with Gasteiger partial charge in [0, 0.05) is 29.3 Å². The third-order valence-electron chi connectivity index (χ3n) is 2.31. The highest BCUT2D eigenvalue weighted by Crippen LogP contribution is 2.20. The molecule has 0 unspecified atom stereocenters. The Morgan fingerprint density at radius 3 is 2.43 bits per heavy atom. The maximum Gasteiger partial charge on any atom is 0.0481 e. The largest absolute Gasteiger partial charge is 0.399 e. The summed E-state index contributed by atoms with van der Waals surface area (Å²) >= 11 is 0. The summed E-state index contributed by atoms with van der Waals surface area (Å²) in [5, 5.41) is 1.22. The Bertz CT molecular complexity index is 435. The van der Waals surface area contributed by atoms with E-state index in [1.807, 2.05) is 12.1 Å². The fraction of sp³-hybridized carbons (Fsp3) is 0.200. The zero-order valence-corrected chi connectivity index (χ0v) is 9.78. The molecule has 1 aromatic carbocycles. The van der Waals surface area contributed by atoms with Crippen LogP contribution < -0.4 is 5.73 Å². The molecule has 0 amide bonds. The lowest BCUT2D eigenvalue weighted by Crippen LogP contribution is -1.89. The van der Waals surface area contributed by atoms with Gasteiger partial charge in [-0.15, -0.1) is 24.8 Å². The molecule has 2 rings (SSSR count). The summed E-state index contributed by atoms with van der Waals surface area (Å²) in [5.74, 6) is 0. The van der Waals surface area contributed by atoms with Crippen LogP contribution in [0.4, 0.5) is 5.69 Å². The number of nitrogen functional groups attached to an aromatic ring is 1. The van der Waals surface area contributed by atoms with Crippen molar-refractivity contribution >= 4 is 41.4 Å². The number of hydrogen-bond donors (Lipinski definition) is 1. The molecule has 0 saturated carbocycles. The first-order valence-corrected chi connectivity index (χ1v) is 4.00. The van der Waals surface area contributed by atoms with Gasteiger partial charge in [-0.25, -0.2) is 0 Å². The van der Waals surface area contributed by atoms with Gasteiger partial charge in [0.05, 0.1) is 0 Å². The topological polar surface area (TPSA) is 30.9 Å². The Labute approximate surface area is 95.9 Å². The van der Waals surface area contributed by atoms with Crippen molar-refractivity contribution in [2.24, 2.45) is 7.05 Å². The third-order valence-corrected chi connectivity index (χ3v) is 2.31. The summed E-state index contributed by atoms with van der Waals surface area (Å²) in [6.45, 7) is 2.09. The van der Waals surface area contributed by atoms with E-state index in [1.165, 1.54) is 16.6 Å². The van der Waals surface area contributed by atoms with Crippen molar-refractivity contribution in [1.29, 1.82) is 0 Å². The average Bonchev–Trinajstić information content (AvgIpc) is 2.28. The molecule has 0 spiro atoms. The minimum atomic E-state index is 0. The highest BCUT2D eigenvalue weighted by atomic mass is 35.5. The van der Waals surface area contributed by atoms with Gasteiger partial charge in [0.15, 0.2) is 0 Å². The van der Waals surface area contributed by atoms with E-state index in [1.54, 1.807) is 0 Å². The molecule has 4 heteroatoms. The maximum absolute atomic E-state index is 5.67. The Kier molecular flexibility index (Phi) is 4.30. The van der Waals surface area contributed by atoms with Crippen LogP contribution in [-0.4, -0.2) is 4.57 Å². The molecular formula is C10H14Cl2N2. The maximum atomic E-state index is 5.67. The SMILES string of the molecule is Cc1cc2cc(N)ccc2n1C.Cl.Cl. The molecule has 0 bridgehead atoms. The molecule has 0 fully saturated rings. The van der Waals surface area contributed by atoms with Crippen molar-refractivity contribution in [3.8, 4) is 0 Å². The van der Waals surface area contributed by atoms with Crippen LogP contribution in [0, 0.1) is 6.92 Å². The normalized spacial score (nSPS) is 9.29. The summed E-state index contributed by atoms with van der Waals surface area (Å²) in [6.07, 6.45) is 0. The van der Waals surface area contributed by atoms with Crippen LogP contribution in [0.5, 0.6) is 0 Å². The molecule has 1 heterocycles. The molecule has 0 aliphatic heterocycles. The molecule has 14 heavy (non-hydrogen) atoms. The summed E-state index contributed by atoms with van der Waals surface area (Å²) in [4.78, 5) is 0. The van der Waals surface area contributed by atoms with Crippen LogP contribution in [0.25, 0.3) is 10.9 Å². The van der Waals surface area contributed by atoms with E-state index in [-0.39, 0.29) is 24.8 Å². The summed E-state index contributed by atoms with van der Waals surface area (Å²) in [7, 11) is 2.06. The van der Waals surface area contributed by atoms with Crippen molar-refractivity contribution < 1.29 is 0 Å². The van der Waals surface area contributed by atoms with E-state index in [9.17, 15) is 0 Å². The van der Waals surface area contributed by atoms with Crippen molar-refractivity contribution in [2.45, 2.75) is 6.92 Å². The number of nitrogens with two attached hydrogens (primary N) is 1. The predicted octanol–water partition coefficient (Wildman–Crippen LogP) is 2.91. The molecule has 2 aromatic rings. The average molecular weight is 233 g/mol. The second-order valence-electron chi connectivity index (χ2n) is 3.16. The monoisotopic (exact) mass is 232 g/mol. The van der Waals surface area contributed by atoms with E-state index in [0.29, 0.717) is 0 Å². The number of fused-ring (bicyclic) bond motifs is 1. The van der Waals surface area contributed by atoms with Gasteiger partial charge < -0.3 is 10.3 Å². The van der Waals surface area contributed by atoms with Gasteiger partial charge in [0.2, 0.25) is 0 Å². The molecule has 0 aliphatic rings. The molecule has 78 valence electrons. The lowest BCUT2D eigenvalue weighted by Gasteiger charge is -1.98. The fourth-order valence-electron chi connectivity index (χ4n) is 1.51. The van der Waals surface area contributed by atoms with Crippen molar-refractivity contribution in [3.63, 3.8) is 0 Å². The second-order valence-corrected chi connectivity index (χ2v) is 3.16. The number of aryl methyl sites for hydroxylation is 2. The smallest absolute Gasteiger partial charge is 0.0481 e. The summed E-state index contributed by atoms with van der Waals surface area (Å²) < 4.78 is 2.16. The Morgan fingerprint density at radius 2 is 1.79 bits per heavy atom. The van der Waals surface area contributed by atoms with E-state index in [4.69, 9.17) is 5.73 Å². The number of anilines is 1. The van der Waals surface area contributed by atoms with Gasteiger partial charge in [0.25, 0.3) is 0 Å². The summed E-state index contributed by atoms with van der Waals surface area (Å²) in [5.41, 5.74) is 9.00. The number of aromatic nitrogens is 1. The van der Waals surface area contributed by atoms with Gasteiger partial charge in [0.1, 0.15) is 0 Å². The Balaban J connectivity index is 0.000000845. The molecular weight excluding hydrogens is 219 g/mol. The molecule has 2 N–H and O–H groups in total. The van der Waals surface area contributed by atoms with Gasteiger partial charge in [-0.1, -0.05) is 0 Å². The van der Waals surface area contributed by atoms with Crippen LogP contribution in [-0.2, 0) is 7.05 Å². The Hall–Kier alpha value is -0.860. The lowest BCUT2D eigenvalue weighted by atomic mass is 10.2. The van der Waals surface area contributed by atoms with E-state index < -0.39 is 0 Å². The minimum Gasteiger partial charge on any atom is -0.399 e. The van der Waals surface area contributed by atoms with Crippen molar-refractivity contribution in [3.05, 3.63) is 30.0 Å². The molecule has 0 atom stereocenters. The third kappa shape index (κ3) is 1.97. The van der Waals surface area contributed by atoms with Crippen LogP contribution >= 0.6 is 24.8 Å². The Morgan fingerprint density at radius 1 is 1.14 bits per heavy atom. The summed E-state index contributed by atoms with van der Waals surface area (Å²) in [6, 6.07) is 8.13. The molecule has 1 aromatic heterocycles. The first-order valence-electron chi connectivity index (χ1n) is 4.00. The zero-order chi connectivity index (χ0) is 8.72. The van der Waals surface area contributed by atoms with Gasteiger partial charge in [-0.2, -0.15) is 0 Å². The second kappa shape index (κ2) is 4.58. The quantitative estimate of drug-likeness (QED) is 0.697. The lowest BCUT2D eigenvalue weighted by molar-refractivity contribution is 0.918. The van der Waals surface area contributed by atoms with Crippen LogP contribution in [0.2, 0.25) is 0 Å². The minimum absolute atomic E-state index is 0. The number of benzene rings is 1. The van der Waals surface area contributed by atoms with Gasteiger partial charge in [-0.05, 0) is 31.2 Å². The van der Waals surface area contributed by atoms with Crippen LogP contribution in [0.1, 0.15) is 5.69 Å². The van der Waals surface area contributed by atoms with Crippen LogP contribution in [0.3, 0.4) is 0 Å². The fourth-order valence-corrected chi connectivity index (χ4v) is 1.51. The number of rotatable bonds is 0. The zero-order valence-electron chi connectivity index (χ0n) is 8.15. The van der Waals surface area contributed by atoms with Crippen LogP contribution in [0.15, 0.2) is 24.3 Å². The predicted molar refractivity (Wildman–Crippen MR) is 66.6 cm³/mol. The molecule has 0 radical (unpaired) electrons. The van der Waals surface area contributed by atoms with Crippen molar-refractivity contribution in [2.75, 3.05) is 5.73 Å². The number of halogens is 2. The highest BCUT2D eigenvalue weighted by Gasteiger charge is 2.00. The number of hydrogen-bond acceptors (Lipinski definition) is 1. The highest BCUT2D eigenvalue weighted by molar-refractivity contribution is 5.85. The van der Waals surface area contributed by atoms with E-state index >= 15 is 0 Å².